The Morgan fingerprint density at radius 1 is 1.27 bits per heavy atom. The van der Waals surface area contributed by atoms with Crippen molar-refractivity contribution in [3.8, 4) is 5.75 Å². The van der Waals surface area contributed by atoms with Crippen molar-refractivity contribution in [2.45, 2.75) is 71.0 Å². The number of hydrogen-bond acceptors (Lipinski definition) is 3. The Kier molecular flexibility index (Phi) is 6.56. The van der Waals surface area contributed by atoms with E-state index in [9.17, 15) is 0 Å². The van der Waals surface area contributed by atoms with E-state index in [1.165, 1.54) is 43.4 Å². The second-order valence-corrected chi connectivity index (χ2v) is 6.60. The molecular formula is C19H32N2O. The van der Waals surface area contributed by atoms with Crippen molar-refractivity contribution in [3.05, 3.63) is 23.8 Å². The van der Waals surface area contributed by atoms with Crippen LogP contribution < -0.4 is 15.0 Å². The molecule has 3 nitrogen and oxygen atoms in total. The number of benzene rings is 1. The van der Waals surface area contributed by atoms with Crippen LogP contribution in [0.15, 0.2) is 18.2 Å². The predicted molar refractivity (Wildman–Crippen MR) is 94.9 cm³/mol. The van der Waals surface area contributed by atoms with E-state index in [4.69, 9.17) is 4.74 Å². The van der Waals surface area contributed by atoms with E-state index in [1.54, 1.807) is 7.11 Å². The van der Waals surface area contributed by atoms with E-state index in [-0.39, 0.29) is 0 Å². The predicted octanol–water partition coefficient (Wildman–Crippen LogP) is 4.35. The second-order valence-electron chi connectivity index (χ2n) is 6.60. The molecule has 1 aliphatic rings. The molecule has 1 atom stereocenters. The van der Waals surface area contributed by atoms with Gasteiger partial charge in [-0.2, -0.15) is 0 Å². The Hall–Kier alpha value is -1.22. The fraction of sp³-hybridized carbons (Fsp3) is 0.684. The number of anilines is 1. The minimum Gasteiger partial charge on any atom is -0.495 e. The third-order valence-corrected chi connectivity index (χ3v) is 5.01. The van der Waals surface area contributed by atoms with Gasteiger partial charge in [0.15, 0.2) is 0 Å². The molecule has 22 heavy (non-hydrogen) atoms. The Bertz CT molecular complexity index is 455. The van der Waals surface area contributed by atoms with Crippen molar-refractivity contribution in [1.29, 1.82) is 0 Å². The van der Waals surface area contributed by atoms with Gasteiger partial charge in [0.1, 0.15) is 5.75 Å². The van der Waals surface area contributed by atoms with Crippen LogP contribution in [0.3, 0.4) is 0 Å². The summed E-state index contributed by atoms with van der Waals surface area (Å²) in [5.41, 5.74) is 2.51. The molecule has 1 saturated carbocycles. The number of nitrogens with zero attached hydrogens (tertiary/aromatic N) is 1. The standard InChI is InChI=1S/C19H32N2O/c1-5-15(2)20-14-16-11-12-18(19(13-16)22-4)21(3)17-9-7-6-8-10-17/h11-13,15,17,20H,5-10,14H2,1-4H3. The molecule has 0 bridgehead atoms. The van der Waals surface area contributed by atoms with Crippen LogP contribution in [-0.2, 0) is 6.54 Å². The minimum absolute atomic E-state index is 0.551. The summed E-state index contributed by atoms with van der Waals surface area (Å²) in [4.78, 5) is 2.42. The largest absolute Gasteiger partial charge is 0.495 e. The zero-order valence-corrected chi connectivity index (χ0v) is 14.7. The smallest absolute Gasteiger partial charge is 0.142 e. The molecule has 1 fully saturated rings. The molecule has 1 aromatic rings. The quantitative estimate of drug-likeness (QED) is 0.810. The monoisotopic (exact) mass is 304 g/mol. The first kappa shape index (κ1) is 17.1. The summed E-state index contributed by atoms with van der Waals surface area (Å²) in [5, 5.41) is 3.54. The van der Waals surface area contributed by atoms with Gasteiger partial charge in [-0.15, -0.1) is 0 Å². The maximum absolute atomic E-state index is 5.66. The summed E-state index contributed by atoms with van der Waals surface area (Å²) in [6.07, 6.45) is 7.86. The fourth-order valence-corrected chi connectivity index (χ4v) is 3.22. The van der Waals surface area contributed by atoms with Crippen LogP contribution in [0.2, 0.25) is 0 Å². The molecule has 2 rings (SSSR count). The van der Waals surface area contributed by atoms with Gasteiger partial charge in [-0.1, -0.05) is 32.3 Å². The van der Waals surface area contributed by atoms with Crippen molar-refractivity contribution >= 4 is 5.69 Å². The van der Waals surface area contributed by atoms with E-state index in [1.807, 2.05) is 0 Å². The van der Waals surface area contributed by atoms with Gasteiger partial charge >= 0.3 is 0 Å². The molecule has 124 valence electrons. The van der Waals surface area contributed by atoms with Gasteiger partial charge < -0.3 is 15.0 Å². The van der Waals surface area contributed by atoms with Crippen molar-refractivity contribution < 1.29 is 4.74 Å². The van der Waals surface area contributed by atoms with Gasteiger partial charge in [0, 0.05) is 25.7 Å². The Balaban J connectivity index is 2.07. The van der Waals surface area contributed by atoms with Crippen LogP contribution in [0.4, 0.5) is 5.69 Å². The molecule has 0 aliphatic heterocycles. The normalized spacial score (nSPS) is 17.3. The highest BCUT2D eigenvalue weighted by Crippen LogP contribution is 2.33. The molecule has 1 unspecified atom stereocenters. The summed E-state index contributed by atoms with van der Waals surface area (Å²) in [6, 6.07) is 7.85. The van der Waals surface area contributed by atoms with Crippen LogP contribution in [0.1, 0.15) is 57.9 Å². The number of ether oxygens (including phenoxy) is 1. The number of methoxy groups -OCH3 is 1. The lowest BCUT2D eigenvalue weighted by atomic mass is 9.94. The molecule has 3 heteroatoms. The summed E-state index contributed by atoms with van der Waals surface area (Å²) in [7, 11) is 3.99. The van der Waals surface area contributed by atoms with Crippen LogP contribution in [0.25, 0.3) is 0 Å². The number of hydrogen-bond donors (Lipinski definition) is 1. The average Bonchev–Trinajstić information content (AvgIpc) is 2.59. The molecule has 0 saturated heterocycles. The lowest BCUT2D eigenvalue weighted by Crippen LogP contribution is -2.33. The molecular weight excluding hydrogens is 272 g/mol. The van der Waals surface area contributed by atoms with Gasteiger partial charge in [0.05, 0.1) is 12.8 Å². The Morgan fingerprint density at radius 2 is 2.00 bits per heavy atom. The van der Waals surface area contributed by atoms with Crippen LogP contribution in [0, 0.1) is 0 Å². The van der Waals surface area contributed by atoms with E-state index >= 15 is 0 Å². The van der Waals surface area contributed by atoms with Gasteiger partial charge in [-0.25, -0.2) is 0 Å². The lowest BCUT2D eigenvalue weighted by Gasteiger charge is -2.34. The first-order chi connectivity index (χ1) is 10.7. The highest BCUT2D eigenvalue weighted by atomic mass is 16.5. The lowest BCUT2D eigenvalue weighted by molar-refractivity contribution is 0.401. The van der Waals surface area contributed by atoms with Gasteiger partial charge in [-0.3, -0.25) is 0 Å². The Labute approximate surface area is 136 Å². The maximum atomic E-state index is 5.66. The minimum atomic E-state index is 0.551. The third kappa shape index (κ3) is 4.39. The van der Waals surface area contributed by atoms with Crippen LogP contribution in [0.5, 0.6) is 5.75 Å². The second kappa shape index (κ2) is 8.42. The molecule has 1 aliphatic carbocycles. The molecule has 1 aromatic carbocycles. The Morgan fingerprint density at radius 3 is 2.64 bits per heavy atom. The zero-order valence-electron chi connectivity index (χ0n) is 14.7. The van der Waals surface area contributed by atoms with E-state index in [0.29, 0.717) is 12.1 Å². The van der Waals surface area contributed by atoms with Gasteiger partial charge in [0.25, 0.3) is 0 Å². The van der Waals surface area contributed by atoms with Crippen molar-refractivity contribution in [1.82, 2.24) is 5.32 Å². The molecule has 1 N–H and O–H groups in total. The van der Waals surface area contributed by atoms with E-state index in [0.717, 1.165) is 18.7 Å². The summed E-state index contributed by atoms with van der Waals surface area (Å²) < 4.78 is 5.66. The molecule has 0 spiro atoms. The van der Waals surface area contributed by atoms with Gasteiger partial charge in [0.2, 0.25) is 0 Å². The number of nitrogens with one attached hydrogen (secondary N) is 1. The van der Waals surface area contributed by atoms with E-state index in [2.05, 4.69) is 49.3 Å². The van der Waals surface area contributed by atoms with Crippen LogP contribution in [-0.4, -0.2) is 26.2 Å². The van der Waals surface area contributed by atoms with Crippen molar-refractivity contribution in [3.63, 3.8) is 0 Å². The molecule has 0 radical (unpaired) electrons. The molecule has 0 heterocycles. The summed E-state index contributed by atoms with van der Waals surface area (Å²) in [6.45, 7) is 5.34. The molecule has 0 aromatic heterocycles. The molecule has 0 amide bonds. The van der Waals surface area contributed by atoms with Gasteiger partial charge in [-0.05, 0) is 43.9 Å². The summed E-state index contributed by atoms with van der Waals surface area (Å²) in [5.74, 6) is 0.997. The van der Waals surface area contributed by atoms with Crippen molar-refractivity contribution in [2.24, 2.45) is 0 Å². The van der Waals surface area contributed by atoms with Crippen molar-refractivity contribution in [2.75, 3.05) is 19.1 Å². The topological polar surface area (TPSA) is 24.5 Å². The number of rotatable bonds is 7. The highest BCUT2D eigenvalue weighted by Gasteiger charge is 2.20. The maximum Gasteiger partial charge on any atom is 0.142 e. The first-order valence-corrected chi connectivity index (χ1v) is 8.78. The van der Waals surface area contributed by atoms with Crippen LogP contribution >= 0.6 is 0 Å². The first-order valence-electron chi connectivity index (χ1n) is 8.78. The SMILES string of the molecule is CCC(C)NCc1ccc(N(C)C2CCCCC2)c(OC)c1. The fourth-order valence-electron chi connectivity index (χ4n) is 3.22. The highest BCUT2D eigenvalue weighted by molar-refractivity contribution is 5.60. The summed E-state index contributed by atoms with van der Waals surface area (Å²) >= 11 is 0. The third-order valence-electron chi connectivity index (χ3n) is 5.01. The average molecular weight is 304 g/mol. The van der Waals surface area contributed by atoms with E-state index < -0.39 is 0 Å². The zero-order chi connectivity index (χ0) is 15.9.